The smallest absolute Gasteiger partial charge is 0.253 e. The molecule has 1 aliphatic heterocycles. The van der Waals surface area contributed by atoms with E-state index >= 15 is 0 Å². The second-order valence-electron chi connectivity index (χ2n) is 7.95. The summed E-state index contributed by atoms with van der Waals surface area (Å²) in [5.74, 6) is 2.28. The van der Waals surface area contributed by atoms with Crippen LogP contribution in [0.5, 0.6) is 0 Å². The normalized spacial score (nSPS) is 13.7. The first kappa shape index (κ1) is 21.1. The summed E-state index contributed by atoms with van der Waals surface area (Å²) < 4.78 is 0. The van der Waals surface area contributed by atoms with Crippen molar-refractivity contribution >= 4 is 34.7 Å². The van der Waals surface area contributed by atoms with Crippen molar-refractivity contribution in [2.24, 2.45) is 0 Å². The third-order valence-electron chi connectivity index (χ3n) is 5.65. The van der Waals surface area contributed by atoms with Gasteiger partial charge in [0.2, 0.25) is 0 Å². The number of amides is 1. The molecule has 4 aromatic rings. The van der Waals surface area contributed by atoms with Gasteiger partial charge in [-0.15, -0.1) is 21.5 Å². The van der Waals surface area contributed by atoms with Crippen LogP contribution in [0.25, 0.3) is 10.4 Å². The molecule has 1 fully saturated rings. The lowest BCUT2D eigenvalue weighted by molar-refractivity contribution is 0.0746. The summed E-state index contributed by atoms with van der Waals surface area (Å²) in [7, 11) is 0. The van der Waals surface area contributed by atoms with E-state index in [1.54, 1.807) is 17.5 Å². The lowest BCUT2D eigenvalue weighted by Gasteiger charge is -2.35. The topological polar surface area (TPSA) is 74.2 Å². The van der Waals surface area contributed by atoms with Gasteiger partial charge in [-0.2, -0.15) is 0 Å². The Balaban J connectivity index is 1.17. The lowest BCUT2D eigenvalue weighted by atomic mass is 10.1. The van der Waals surface area contributed by atoms with Gasteiger partial charge in [-0.25, -0.2) is 4.98 Å². The number of rotatable bonds is 5. The van der Waals surface area contributed by atoms with Gasteiger partial charge in [0, 0.05) is 42.8 Å². The highest BCUT2D eigenvalue weighted by Crippen LogP contribution is 2.25. The predicted octanol–water partition coefficient (Wildman–Crippen LogP) is 4.61. The number of aromatic nitrogens is 3. The molecular weight excluding hydrogens is 432 g/mol. The van der Waals surface area contributed by atoms with Crippen molar-refractivity contribution in [1.82, 2.24) is 20.1 Å². The molecule has 7 nitrogen and oxygen atoms in total. The molecule has 3 aromatic heterocycles. The Morgan fingerprint density at radius 2 is 1.76 bits per heavy atom. The minimum atomic E-state index is 0.0728. The van der Waals surface area contributed by atoms with E-state index < -0.39 is 0 Å². The molecule has 1 aromatic carbocycles. The number of pyridine rings is 1. The van der Waals surface area contributed by atoms with Crippen molar-refractivity contribution in [1.29, 1.82) is 0 Å². The van der Waals surface area contributed by atoms with Crippen LogP contribution in [-0.4, -0.2) is 52.2 Å². The van der Waals surface area contributed by atoms with Crippen LogP contribution in [0.2, 0.25) is 0 Å². The van der Waals surface area contributed by atoms with E-state index in [0.717, 1.165) is 41.4 Å². The van der Waals surface area contributed by atoms with E-state index in [4.69, 9.17) is 0 Å². The maximum atomic E-state index is 13.0. The molecule has 1 saturated heterocycles. The molecule has 0 saturated carbocycles. The summed E-state index contributed by atoms with van der Waals surface area (Å²) in [5, 5.41) is 13.9. The van der Waals surface area contributed by atoms with Crippen LogP contribution in [0.15, 0.2) is 72.2 Å². The standard InChI is InChI=1S/C25H24N6OS/c1-18-10-11-26-23(17-18)27-22-8-9-24(29-28-22)30-12-14-31(15-13-30)25(32)20-6-4-19(5-7-20)21-3-2-16-33-21/h2-11,16-17H,12-15H2,1H3,(H,26,27,28). The van der Waals surface area contributed by atoms with Crippen LogP contribution in [0, 0.1) is 6.92 Å². The van der Waals surface area contributed by atoms with Crippen molar-refractivity contribution in [2.75, 3.05) is 36.4 Å². The Morgan fingerprint density at radius 1 is 0.939 bits per heavy atom. The Kier molecular flexibility index (Phi) is 5.99. The van der Waals surface area contributed by atoms with Crippen molar-refractivity contribution < 1.29 is 4.79 Å². The summed E-state index contributed by atoms with van der Waals surface area (Å²) >= 11 is 1.70. The Morgan fingerprint density at radius 3 is 2.42 bits per heavy atom. The largest absolute Gasteiger partial charge is 0.352 e. The second-order valence-corrected chi connectivity index (χ2v) is 8.90. The quantitative estimate of drug-likeness (QED) is 0.473. The molecule has 4 heterocycles. The van der Waals surface area contributed by atoms with Gasteiger partial charge in [0.25, 0.3) is 5.91 Å². The number of aryl methyl sites for hydroxylation is 1. The van der Waals surface area contributed by atoms with E-state index in [9.17, 15) is 4.79 Å². The number of benzene rings is 1. The van der Waals surface area contributed by atoms with E-state index in [1.165, 1.54) is 4.88 Å². The van der Waals surface area contributed by atoms with Gasteiger partial charge in [-0.05, 0) is 65.9 Å². The van der Waals surface area contributed by atoms with Gasteiger partial charge in [-0.1, -0.05) is 18.2 Å². The summed E-state index contributed by atoms with van der Waals surface area (Å²) in [6, 6.07) is 19.8. The molecule has 0 bridgehead atoms. The fraction of sp³-hybridized carbons (Fsp3) is 0.200. The highest BCUT2D eigenvalue weighted by atomic mass is 32.1. The first-order valence-electron chi connectivity index (χ1n) is 10.9. The maximum absolute atomic E-state index is 13.0. The fourth-order valence-corrected chi connectivity index (χ4v) is 4.57. The van der Waals surface area contributed by atoms with Crippen molar-refractivity contribution in [2.45, 2.75) is 6.92 Å². The highest BCUT2D eigenvalue weighted by molar-refractivity contribution is 7.13. The van der Waals surface area contributed by atoms with Gasteiger partial charge >= 0.3 is 0 Å². The molecule has 0 radical (unpaired) electrons. The average molecular weight is 457 g/mol. The van der Waals surface area contributed by atoms with Gasteiger partial charge in [-0.3, -0.25) is 4.79 Å². The van der Waals surface area contributed by atoms with Crippen molar-refractivity contribution in [3.63, 3.8) is 0 Å². The molecule has 0 aliphatic carbocycles. The van der Waals surface area contributed by atoms with Gasteiger partial charge in [0.15, 0.2) is 11.6 Å². The molecule has 1 aliphatic rings. The molecule has 8 heteroatoms. The Labute approximate surface area is 196 Å². The monoisotopic (exact) mass is 456 g/mol. The first-order chi connectivity index (χ1) is 16.2. The summed E-state index contributed by atoms with van der Waals surface area (Å²) in [6.07, 6.45) is 1.76. The zero-order valence-corrected chi connectivity index (χ0v) is 19.1. The number of nitrogens with one attached hydrogen (secondary N) is 1. The van der Waals surface area contributed by atoms with E-state index in [0.29, 0.717) is 18.9 Å². The maximum Gasteiger partial charge on any atom is 0.253 e. The first-order valence-corrected chi connectivity index (χ1v) is 11.8. The Bertz CT molecular complexity index is 1220. The minimum absolute atomic E-state index is 0.0728. The Hall–Kier alpha value is -3.78. The van der Waals surface area contributed by atoms with Crippen LogP contribution >= 0.6 is 11.3 Å². The predicted molar refractivity (Wildman–Crippen MR) is 132 cm³/mol. The van der Waals surface area contributed by atoms with Crippen LogP contribution in [0.4, 0.5) is 17.5 Å². The van der Waals surface area contributed by atoms with E-state index in [1.807, 2.05) is 66.4 Å². The number of carbonyl (C=O) groups excluding carboxylic acids is 1. The number of piperazine rings is 1. The van der Waals surface area contributed by atoms with Crippen LogP contribution in [0.1, 0.15) is 15.9 Å². The molecule has 166 valence electrons. The molecule has 5 rings (SSSR count). The van der Waals surface area contributed by atoms with Gasteiger partial charge in [0.1, 0.15) is 5.82 Å². The number of thiophene rings is 1. The van der Waals surface area contributed by atoms with Crippen molar-refractivity contribution in [3.8, 4) is 10.4 Å². The lowest BCUT2D eigenvalue weighted by Crippen LogP contribution is -2.49. The zero-order chi connectivity index (χ0) is 22.6. The summed E-state index contributed by atoms with van der Waals surface area (Å²) in [5.41, 5.74) is 2.99. The molecule has 1 N–H and O–H groups in total. The van der Waals surface area contributed by atoms with E-state index in [2.05, 4.69) is 36.8 Å². The van der Waals surface area contributed by atoms with Crippen LogP contribution in [-0.2, 0) is 0 Å². The van der Waals surface area contributed by atoms with E-state index in [-0.39, 0.29) is 5.91 Å². The summed E-state index contributed by atoms with van der Waals surface area (Å²) in [4.78, 5) is 22.5. The van der Waals surface area contributed by atoms with Crippen LogP contribution in [0.3, 0.4) is 0 Å². The van der Waals surface area contributed by atoms with Crippen molar-refractivity contribution in [3.05, 3.63) is 83.4 Å². The average Bonchev–Trinajstić information content (AvgIpc) is 3.40. The number of anilines is 3. The molecule has 0 atom stereocenters. The third-order valence-corrected chi connectivity index (χ3v) is 6.57. The molecule has 0 spiro atoms. The fourth-order valence-electron chi connectivity index (χ4n) is 3.84. The third kappa shape index (κ3) is 4.85. The number of nitrogens with zero attached hydrogens (tertiary/aromatic N) is 5. The molecule has 0 unspecified atom stereocenters. The molecule has 1 amide bonds. The summed E-state index contributed by atoms with van der Waals surface area (Å²) in [6.45, 7) is 4.77. The number of hydrogen-bond donors (Lipinski definition) is 1. The number of hydrogen-bond acceptors (Lipinski definition) is 7. The second kappa shape index (κ2) is 9.38. The number of carbonyl (C=O) groups is 1. The zero-order valence-electron chi connectivity index (χ0n) is 18.3. The molecular formula is C25H24N6OS. The highest BCUT2D eigenvalue weighted by Gasteiger charge is 2.23. The van der Waals surface area contributed by atoms with Gasteiger partial charge < -0.3 is 15.1 Å². The van der Waals surface area contributed by atoms with Crippen LogP contribution < -0.4 is 10.2 Å². The molecule has 33 heavy (non-hydrogen) atoms. The van der Waals surface area contributed by atoms with Gasteiger partial charge in [0.05, 0.1) is 0 Å². The minimum Gasteiger partial charge on any atom is -0.352 e. The SMILES string of the molecule is Cc1ccnc(Nc2ccc(N3CCN(C(=O)c4ccc(-c5cccs5)cc4)CC3)nn2)c1.